The monoisotopic (exact) mass is 274 g/mol. The van der Waals surface area contributed by atoms with Gasteiger partial charge >= 0.3 is 0 Å². The van der Waals surface area contributed by atoms with Gasteiger partial charge < -0.3 is 5.32 Å². The Labute approximate surface area is 122 Å². The zero-order valence-electron chi connectivity index (χ0n) is 12.3. The Bertz CT molecular complexity index is 389. The molecular weight excluding hydrogens is 248 g/mol. The first kappa shape index (κ1) is 14.0. The molecule has 110 valence electrons. The second-order valence-corrected chi connectivity index (χ2v) is 6.26. The summed E-state index contributed by atoms with van der Waals surface area (Å²) in [6.07, 6.45) is 10.1. The summed E-state index contributed by atoms with van der Waals surface area (Å²) in [4.78, 5) is 2.56. The number of rotatable bonds is 3. The van der Waals surface area contributed by atoms with E-state index in [1.807, 2.05) is 6.07 Å². The third kappa shape index (κ3) is 3.76. The van der Waals surface area contributed by atoms with E-state index in [0.29, 0.717) is 6.04 Å². The molecule has 0 aromatic carbocycles. The first-order chi connectivity index (χ1) is 9.92. The standard InChI is InChI=1S/C16H26N4/c1-2-6-14(7-3-1)16-13-20(11-5-9-17-16)12-15-8-4-10-18-19-15/h4,8,10,14,16-17H,1-3,5-7,9,11-13H2. The van der Waals surface area contributed by atoms with Crippen LogP contribution in [0.2, 0.25) is 0 Å². The third-order valence-electron chi connectivity index (χ3n) is 4.74. The van der Waals surface area contributed by atoms with E-state index in [2.05, 4.69) is 26.5 Å². The maximum Gasteiger partial charge on any atom is 0.0771 e. The van der Waals surface area contributed by atoms with Crippen molar-refractivity contribution in [2.75, 3.05) is 19.6 Å². The minimum absolute atomic E-state index is 0.675. The summed E-state index contributed by atoms with van der Waals surface area (Å²) in [6, 6.07) is 4.74. The van der Waals surface area contributed by atoms with Crippen molar-refractivity contribution in [3.8, 4) is 0 Å². The highest BCUT2D eigenvalue weighted by molar-refractivity contribution is 4.99. The van der Waals surface area contributed by atoms with Gasteiger partial charge in [0.2, 0.25) is 0 Å². The van der Waals surface area contributed by atoms with Crippen LogP contribution < -0.4 is 5.32 Å². The molecule has 1 aromatic rings. The molecular formula is C16H26N4. The molecule has 20 heavy (non-hydrogen) atoms. The minimum atomic E-state index is 0.675. The summed E-state index contributed by atoms with van der Waals surface area (Å²) in [5.74, 6) is 0.881. The summed E-state index contributed by atoms with van der Waals surface area (Å²) < 4.78 is 0. The van der Waals surface area contributed by atoms with E-state index in [1.54, 1.807) is 6.20 Å². The molecule has 1 aliphatic heterocycles. The van der Waals surface area contributed by atoms with Crippen molar-refractivity contribution in [1.82, 2.24) is 20.4 Å². The zero-order valence-corrected chi connectivity index (χ0v) is 12.3. The lowest BCUT2D eigenvalue weighted by atomic mass is 9.83. The fourth-order valence-corrected chi connectivity index (χ4v) is 3.67. The predicted octanol–water partition coefficient (Wildman–Crippen LogP) is 2.22. The van der Waals surface area contributed by atoms with Crippen molar-refractivity contribution in [3.63, 3.8) is 0 Å². The van der Waals surface area contributed by atoms with Crippen molar-refractivity contribution in [1.29, 1.82) is 0 Å². The van der Waals surface area contributed by atoms with E-state index in [-0.39, 0.29) is 0 Å². The van der Waals surface area contributed by atoms with Gasteiger partial charge in [-0.25, -0.2) is 0 Å². The number of hydrogen-bond acceptors (Lipinski definition) is 4. The Kier molecular flexibility index (Phi) is 4.98. The van der Waals surface area contributed by atoms with Crippen LogP contribution in [-0.4, -0.2) is 40.8 Å². The molecule has 3 rings (SSSR count). The van der Waals surface area contributed by atoms with Crippen molar-refractivity contribution in [3.05, 3.63) is 24.0 Å². The highest BCUT2D eigenvalue weighted by Gasteiger charge is 2.26. The fraction of sp³-hybridized carbons (Fsp3) is 0.750. The quantitative estimate of drug-likeness (QED) is 0.917. The van der Waals surface area contributed by atoms with E-state index in [0.717, 1.165) is 24.7 Å². The smallest absolute Gasteiger partial charge is 0.0771 e. The van der Waals surface area contributed by atoms with E-state index in [4.69, 9.17) is 0 Å². The van der Waals surface area contributed by atoms with E-state index >= 15 is 0 Å². The van der Waals surface area contributed by atoms with Crippen LogP contribution in [0.25, 0.3) is 0 Å². The van der Waals surface area contributed by atoms with Crippen molar-refractivity contribution < 1.29 is 0 Å². The summed E-state index contributed by atoms with van der Waals surface area (Å²) >= 11 is 0. The molecule has 1 aromatic heterocycles. The summed E-state index contributed by atoms with van der Waals surface area (Å²) in [7, 11) is 0. The maximum atomic E-state index is 4.23. The topological polar surface area (TPSA) is 41.1 Å². The normalized spacial score (nSPS) is 26.3. The van der Waals surface area contributed by atoms with E-state index in [9.17, 15) is 0 Å². The first-order valence-corrected chi connectivity index (χ1v) is 8.14. The van der Waals surface area contributed by atoms with Crippen LogP contribution in [0.4, 0.5) is 0 Å². The molecule has 4 heteroatoms. The second-order valence-electron chi connectivity index (χ2n) is 6.26. The number of nitrogens with one attached hydrogen (secondary N) is 1. The Hall–Kier alpha value is -1.00. The molecule has 0 radical (unpaired) electrons. The van der Waals surface area contributed by atoms with Gasteiger partial charge in [-0.05, 0) is 50.4 Å². The molecule has 1 saturated carbocycles. The highest BCUT2D eigenvalue weighted by Crippen LogP contribution is 2.27. The molecule has 1 unspecified atom stereocenters. The lowest BCUT2D eigenvalue weighted by Gasteiger charge is -2.32. The largest absolute Gasteiger partial charge is 0.312 e. The van der Waals surface area contributed by atoms with Crippen LogP contribution in [0.3, 0.4) is 0 Å². The van der Waals surface area contributed by atoms with Crippen molar-refractivity contribution in [2.24, 2.45) is 5.92 Å². The molecule has 2 heterocycles. The average Bonchev–Trinajstić information content (AvgIpc) is 2.75. The fourth-order valence-electron chi connectivity index (χ4n) is 3.67. The number of hydrogen-bond donors (Lipinski definition) is 1. The minimum Gasteiger partial charge on any atom is -0.312 e. The van der Waals surface area contributed by atoms with Gasteiger partial charge in [0.25, 0.3) is 0 Å². The molecule has 0 amide bonds. The van der Waals surface area contributed by atoms with Crippen LogP contribution >= 0.6 is 0 Å². The molecule has 1 atom stereocenters. The summed E-state index contributed by atoms with van der Waals surface area (Å²) in [5, 5.41) is 12.0. The molecule has 2 aliphatic rings. The van der Waals surface area contributed by atoms with Crippen LogP contribution in [0, 0.1) is 5.92 Å². The lowest BCUT2D eigenvalue weighted by molar-refractivity contribution is 0.199. The van der Waals surface area contributed by atoms with Crippen LogP contribution in [0.15, 0.2) is 18.3 Å². The first-order valence-electron chi connectivity index (χ1n) is 8.14. The van der Waals surface area contributed by atoms with Gasteiger partial charge in [-0.15, -0.1) is 0 Å². The molecule has 0 bridgehead atoms. The maximum absolute atomic E-state index is 4.23. The Morgan fingerprint density at radius 2 is 2.10 bits per heavy atom. The highest BCUT2D eigenvalue weighted by atomic mass is 15.2. The molecule has 1 N–H and O–H groups in total. The molecule has 0 spiro atoms. The second kappa shape index (κ2) is 7.14. The SMILES string of the molecule is c1cnnc(CN2CCCNC(C3CCCCC3)C2)c1. The Morgan fingerprint density at radius 3 is 2.90 bits per heavy atom. The van der Waals surface area contributed by atoms with Gasteiger partial charge in [-0.1, -0.05) is 19.3 Å². The number of aromatic nitrogens is 2. The number of nitrogens with zero attached hydrogens (tertiary/aromatic N) is 3. The molecule has 1 aliphatic carbocycles. The third-order valence-corrected chi connectivity index (χ3v) is 4.74. The predicted molar refractivity (Wildman–Crippen MR) is 80.3 cm³/mol. The summed E-state index contributed by atoms with van der Waals surface area (Å²) in [5.41, 5.74) is 1.09. The van der Waals surface area contributed by atoms with E-state index < -0.39 is 0 Å². The van der Waals surface area contributed by atoms with Crippen LogP contribution in [0.5, 0.6) is 0 Å². The van der Waals surface area contributed by atoms with Gasteiger partial charge in [0.1, 0.15) is 0 Å². The molecule has 4 nitrogen and oxygen atoms in total. The van der Waals surface area contributed by atoms with Gasteiger partial charge in [0, 0.05) is 25.3 Å². The molecule has 2 fully saturated rings. The Morgan fingerprint density at radius 1 is 1.20 bits per heavy atom. The van der Waals surface area contributed by atoms with Gasteiger partial charge in [-0.2, -0.15) is 10.2 Å². The summed E-state index contributed by atoms with van der Waals surface area (Å²) in [6.45, 7) is 4.45. The zero-order chi connectivity index (χ0) is 13.6. The lowest BCUT2D eigenvalue weighted by Crippen LogP contribution is -2.43. The van der Waals surface area contributed by atoms with Gasteiger partial charge in [-0.3, -0.25) is 4.90 Å². The van der Waals surface area contributed by atoms with Gasteiger partial charge in [0.15, 0.2) is 0 Å². The van der Waals surface area contributed by atoms with Crippen LogP contribution in [0.1, 0.15) is 44.2 Å². The Balaban J connectivity index is 1.59. The van der Waals surface area contributed by atoms with Crippen molar-refractivity contribution >= 4 is 0 Å². The molecule has 1 saturated heterocycles. The van der Waals surface area contributed by atoms with E-state index in [1.165, 1.54) is 51.6 Å². The average molecular weight is 274 g/mol. The van der Waals surface area contributed by atoms with Gasteiger partial charge in [0.05, 0.1) is 5.69 Å². The van der Waals surface area contributed by atoms with Crippen LogP contribution in [-0.2, 0) is 6.54 Å². The van der Waals surface area contributed by atoms with Crippen molar-refractivity contribution in [2.45, 2.75) is 51.1 Å².